The van der Waals surface area contributed by atoms with Gasteiger partial charge >= 0.3 is 0 Å². The van der Waals surface area contributed by atoms with Crippen LogP contribution in [0.25, 0.3) is 0 Å². The van der Waals surface area contributed by atoms with Crippen molar-refractivity contribution in [3.05, 3.63) is 54.0 Å². The third-order valence-corrected chi connectivity index (χ3v) is 3.16. The maximum atomic E-state index is 13.1. The summed E-state index contributed by atoms with van der Waals surface area (Å²) in [6, 6.07) is 2.08. The fraction of sp³-hybridized carbons (Fsp3) is 0.250. The van der Waals surface area contributed by atoms with Gasteiger partial charge in [0.1, 0.15) is 17.7 Å². The third-order valence-electron chi connectivity index (χ3n) is 3.16. The van der Waals surface area contributed by atoms with Gasteiger partial charge in [-0.25, -0.2) is 13.8 Å². The molecule has 6 nitrogen and oxygen atoms in total. The van der Waals surface area contributed by atoms with E-state index in [0.717, 1.165) is 18.2 Å². The van der Waals surface area contributed by atoms with Crippen molar-refractivity contribution in [2.75, 3.05) is 5.32 Å². The lowest BCUT2D eigenvalue weighted by Crippen LogP contribution is -2.44. The van der Waals surface area contributed by atoms with Crippen molar-refractivity contribution >= 4 is 17.6 Å². The van der Waals surface area contributed by atoms with Gasteiger partial charge in [0.2, 0.25) is 11.8 Å². The molecule has 24 heavy (non-hydrogen) atoms. The van der Waals surface area contributed by atoms with E-state index < -0.39 is 29.5 Å². The summed E-state index contributed by atoms with van der Waals surface area (Å²) in [5, 5.41) is 5.06. The maximum Gasteiger partial charge on any atom is 0.248 e. The minimum atomic E-state index is -0.794. The predicted octanol–water partition coefficient (Wildman–Crippen LogP) is 1.83. The van der Waals surface area contributed by atoms with E-state index in [1.807, 2.05) is 0 Å². The Hall–Kier alpha value is -2.90. The van der Waals surface area contributed by atoms with Gasteiger partial charge in [0.15, 0.2) is 5.82 Å². The number of carbonyl (C=O) groups excluding carboxylic acids is 2. The van der Waals surface area contributed by atoms with Gasteiger partial charge in [-0.3, -0.25) is 14.6 Å². The van der Waals surface area contributed by atoms with Crippen LogP contribution in [0.3, 0.4) is 0 Å². The lowest BCUT2D eigenvalue weighted by molar-refractivity contribution is -0.126. The van der Waals surface area contributed by atoms with Crippen molar-refractivity contribution in [3.63, 3.8) is 0 Å². The van der Waals surface area contributed by atoms with Gasteiger partial charge in [-0.05, 0) is 24.1 Å². The molecule has 2 aromatic rings. The van der Waals surface area contributed by atoms with Crippen molar-refractivity contribution in [2.24, 2.45) is 0 Å². The molecular formula is C16H16F2N4O2. The number of anilines is 1. The second-order valence-corrected chi connectivity index (χ2v) is 5.06. The molecule has 0 aliphatic rings. The topological polar surface area (TPSA) is 84.0 Å². The van der Waals surface area contributed by atoms with E-state index in [2.05, 4.69) is 20.6 Å². The Morgan fingerprint density at radius 3 is 2.46 bits per heavy atom. The van der Waals surface area contributed by atoms with Crippen LogP contribution in [-0.2, 0) is 16.0 Å². The first kappa shape index (κ1) is 17.5. The minimum Gasteiger partial charge on any atom is -0.344 e. The molecule has 1 atom stereocenters. The summed E-state index contributed by atoms with van der Waals surface area (Å²) in [6.07, 6.45) is 4.38. The average molecular weight is 334 g/mol. The molecule has 0 aliphatic heterocycles. The first-order valence-corrected chi connectivity index (χ1v) is 7.29. The van der Waals surface area contributed by atoms with Gasteiger partial charge in [0, 0.05) is 18.5 Å². The van der Waals surface area contributed by atoms with E-state index >= 15 is 0 Å². The Balaban J connectivity index is 1.96. The van der Waals surface area contributed by atoms with Crippen LogP contribution in [0.1, 0.15) is 18.9 Å². The number of benzene rings is 1. The summed E-state index contributed by atoms with van der Waals surface area (Å²) in [6.45, 7) is 1.73. The number of amides is 2. The maximum absolute atomic E-state index is 13.1. The summed E-state index contributed by atoms with van der Waals surface area (Å²) in [4.78, 5) is 31.9. The van der Waals surface area contributed by atoms with Crippen LogP contribution >= 0.6 is 0 Å². The van der Waals surface area contributed by atoms with Gasteiger partial charge in [0.25, 0.3) is 0 Å². The van der Waals surface area contributed by atoms with Crippen LogP contribution in [-0.4, -0.2) is 27.8 Å². The molecule has 1 heterocycles. The Labute approximate surface area is 137 Å². The van der Waals surface area contributed by atoms with Crippen molar-refractivity contribution in [1.82, 2.24) is 15.3 Å². The van der Waals surface area contributed by atoms with E-state index in [-0.39, 0.29) is 17.8 Å². The van der Waals surface area contributed by atoms with Gasteiger partial charge in [-0.1, -0.05) is 6.92 Å². The SMILES string of the molecule is CCC(NC(=O)Cc1cc(F)cc(F)c1)C(=O)Nc1cnccn1. The first-order chi connectivity index (χ1) is 11.5. The van der Waals surface area contributed by atoms with Crippen LogP contribution in [0.5, 0.6) is 0 Å². The molecule has 2 rings (SSSR count). The number of rotatable bonds is 6. The summed E-state index contributed by atoms with van der Waals surface area (Å²) in [7, 11) is 0. The van der Waals surface area contributed by atoms with Crippen LogP contribution in [0, 0.1) is 11.6 Å². The molecule has 0 bridgehead atoms. The number of nitrogens with zero attached hydrogens (tertiary/aromatic N) is 2. The second kappa shape index (κ2) is 8.09. The lowest BCUT2D eigenvalue weighted by atomic mass is 10.1. The van der Waals surface area contributed by atoms with E-state index in [4.69, 9.17) is 0 Å². The average Bonchev–Trinajstić information content (AvgIpc) is 2.52. The Bertz CT molecular complexity index is 705. The fourth-order valence-electron chi connectivity index (χ4n) is 2.07. The number of carbonyl (C=O) groups is 2. The van der Waals surface area contributed by atoms with Gasteiger partial charge < -0.3 is 10.6 Å². The first-order valence-electron chi connectivity index (χ1n) is 7.29. The van der Waals surface area contributed by atoms with Crippen LogP contribution in [0.4, 0.5) is 14.6 Å². The number of aromatic nitrogens is 2. The molecule has 0 radical (unpaired) electrons. The highest BCUT2D eigenvalue weighted by atomic mass is 19.1. The number of hydrogen-bond acceptors (Lipinski definition) is 4. The molecule has 0 aliphatic carbocycles. The zero-order valence-electron chi connectivity index (χ0n) is 12.9. The number of nitrogens with one attached hydrogen (secondary N) is 2. The molecule has 2 amide bonds. The largest absolute Gasteiger partial charge is 0.344 e. The zero-order chi connectivity index (χ0) is 17.5. The summed E-state index contributed by atoms with van der Waals surface area (Å²) >= 11 is 0. The third kappa shape index (κ3) is 5.08. The molecule has 2 N–H and O–H groups in total. The summed E-state index contributed by atoms with van der Waals surface area (Å²) in [5.41, 5.74) is 0.189. The molecule has 1 aromatic heterocycles. The second-order valence-electron chi connectivity index (χ2n) is 5.06. The highest BCUT2D eigenvalue weighted by molar-refractivity contribution is 5.96. The fourth-order valence-corrected chi connectivity index (χ4v) is 2.07. The van der Waals surface area contributed by atoms with Crippen molar-refractivity contribution < 1.29 is 18.4 Å². The molecule has 0 spiro atoms. The summed E-state index contributed by atoms with van der Waals surface area (Å²) in [5.74, 6) is -2.21. The van der Waals surface area contributed by atoms with E-state index in [9.17, 15) is 18.4 Å². The van der Waals surface area contributed by atoms with E-state index in [1.165, 1.54) is 18.6 Å². The molecule has 126 valence electrons. The lowest BCUT2D eigenvalue weighted by Gasteiger charge is -2.16. The Kier molecular flexibility index (Phi) is 5.89. The predicted molar refractivity (Wildman–Crippen MR) is 82.9 cm³/mol. The smallest absolute Gasteiger partial charge is 0.248 e. The van der Waals surface area contributed by atoms with E-state index in [1.54, 1.807) is 6.92 Å². The van der Waals surface area contributed by atoms with Crippen LogP contribution in [0.2, 0.25) is 0 Å². The highest BCUT2D eigenvalue weighted by Gasteiger charge is 2.19. The molecule has 0 fully saturated rings. The van der Waals surface area contributed by atoms with Crippen LogP contribution in [0.15, 0.2) is 36.8 Å². The Morgan fingerprint density at radius 2 is 1.88 bits per heavy atom. The van der Waals surface area contributed by atoms with Crippen molar-refractivity contribution in [1.29, 1.82) is 0 Å². The molecule has 1 unspecified atom stereocenters. The number of hydrogen-bond donors (Lipinski definition) is 2. The van der Waals surface area contributed by atoms with Crippen molar-refractivity contribution in [2.45, 2.75) is 25.8 Å². The minimum absolute atomic E-state index is 0.189. The van der Waals surface area contributed by atoms with Gasteiger partial charge in [-0.2, -0.15) is 0 Å². The van der Waals surface area contributed by atoms with E-state index in [0.29, 0.717) is 6.42 Å². The normalized spacial score (nSPS) is 11.6. The monoisotopic (exact) mass is 334 g/mol. The molecule has 8 heteroatoms. The van der Waals surface area contributed by atoms with Crippen LogP contribution < -0.4 is 10.6 Å². The molecule has 0 saturated heterocycles. The molecule has 1 aromatic carbocycles. The zero-order valence-corrected chi connectivity index (χ0v) is 12.9. The Morgan fingerprint density at radius 1 is 1.17 bits per heavy atom. The van der Waals surface area contributed by atoms with Crippen molar-refractivity contribution in [3.8, 4) is 0 Å². The number of halogens is 2. The molecular weight excluding hydrogens is 318 g/mol. The highest BCUT2D eigenvalue weighted by Crippen LogP contribution is 2.09. The standard InChI is InChI=1S/C16H16F2N4O2/c1-2-13(16(24)22-14-9-19-3-4-20-14)21-15(23)7-10-5-11(17)8-12(18)6-10/h3-6,8-9,13H,2,7H2,1H3,(H,21,23)(H,20,22,24). The quantitative estimate of drug-likeness (QED) is 0.844. The summed E-state index contributed by atoms with van der Waals surface area (Å²) < 4.78 is 26.3. The van der Waals surface area contributed by atoms with Gasteiger partial charge in [-0.15, -0.1) is 0 Å². The van der Waals surface area contributed by atoms with Gasteiger partial charge in [0.05, 0.1) is 12.6 Å². The molecule has 0 saturated carbocycles.